The molecule has 50 heavy (non-hydrogen) atoms. The predicted molar refractivity (Wildman–Crippen MR) is 196 cm³/mol. The normalized spacial score (nSPS) is 18.1. The number of methoxy groups -OCH3 is 2. The number of aryl methyl sites for hydroxylation is 1. The van der Waals surface area contributed by atoms with Crippen molar-refractivity contribution in [2.75, 3.05) is 59.0 Å². The van der Waals surface area contributed by atoms with Crippen LogP contribution in [-0.2, 0) is 32.0 Å². The number of nitrogens with zero attached hydrogens (tertiary/aromatic N) is 1. The van der Waals surface area contributed by atoms with Crippen molar-refractivity contribution in [1.29, 1.82) is 0 Å². The molecule has 1 fully saturated rings. The molecule has 2 aliphatic heterocycles. The third-order valence-electron chi connectivity index (χ3n) is 9.27. The van der Waals surface area contributed by atoms with Gasteiger partial charge in [0.15, 0.2) is 0 Å². The molecule has 0 spiro atoms. The number of benzene rings is 3. The maximum Gasteiger partial charge on any atom is 0.410 e. The lowest BCUT2D eigenvalue weighted by Gasteiger charge is -2.40. The van der Waals surface area contributed by atoms with Gasteiger partial charge in [0.1, 0.15) is 17.1 Å². The molecule has 1 amide bonds. The van der Waals surface area contributed by atoms with Crippen molar-refractivity contribution in [2.45, 2.75) is 89.6 Å². The highest BCUT2D eigenvalue weighted by atomic mass is 16.6. The molecule has 2 aliphatic rings. The number of anilines is 1. The Morgan fingerprint density at radius 3 is 2.58 bits per heavy atom. The smallest absolute Gasteiger partial charge is 0.410 e. The van der Waals surface area contributed by atoms with E-state index < -0.39 is 5.60 Å². The van der Waals surface area contributed by atoms with E-state index in [4.69, 9.17) is 28.4 Å². The van der Waals surface area contributed by atoms with Gasteiger partial charge in [-0.1, -0.05) is 42.5 Å². The molecule has 5 rings (SSSR count). The van der Waals surface area contributed by atoms with Crippen LogP contribution in [0.2, 0.25) is 0 Å². The zero-order chi connectivity index (χ0) is 35.3. The van der Waals surface area contributed by atoms with Crippen LogP contribution >= 0.6 is 0 Å². The zero-order valence-electron chi connectivity index (χ0n) is 30.6. The Labute approximate surface area is 298 Å². The van der Waals surface area contributed by atoms with Gasteiger partial charge in [-0.3, -0.25) is 0 Å². The Hall–Kier alpha value is -3.79. The van der Waals surface area contributed by atoms with Crippen LogP contribution in [0.1, 0.15) is 87.2 Å². The molecule has 9 heteroatoms. The van der Waals surface area contributed by atoms with E-state index in [1.165, 1.54) is 16.8 Å². The van der Waals surface area contributed by atoms with E-state index >= 15 is 0 Å². The molecule has 1 saturated heterocycles. The van der Waals surface area contributed by atoms with E-state index in [-0.39, 0.29) is 24.2 Å². The number of likely N-dealkylation sites (tertiary alicyclic amines) is 1. The highest BCUT2D eigenvalue weighted by molar-refractivity contribution is 5.68. The van der Waals surface area contributed by atoms with Crippen molar-refractivity contribution < 1.29 is 33.2 Å². The fraction of sp³-hybridized carbons (Fsp3) is 0.537. The zero-order valence-corrected chi connectivity index (χ0v) is 30.6. The number of para-hydroxylation sites is 1. The molecule has 2 heterocycles. The molecule has 272 valence electrons. The van der Waals surface area contributed by atoms with Gasteiger partial charge >= 0.3 is 6.09 Å². The van der Waals surface area contributed by atoms with Crippen molar-refractivity contribution in [1.82, 2.24) is 4.90 Å². The summed E-state index contributed by atoms with van der Waals surface area (Å²) in [5.41, 5.74) is 5.34. The highest BCUT2D eigenvalue weighted by Gasteiger charge is 2.37. The third kappa shape index (κ3) is 10.9. The molecule has 3 aromatic carbocycles. The lowest BCUT2D eigenvalue weighted by molar-refractivity contribution is -0.0692. The van der Waals surface area contributed by atoms with Gasteiger partial charge in [0.25, 0.3) is 0 Å². The first-order valence-corrected chi connectivity index (χ1v) is 18.2. The quantitative estimate of drug-likeness (QED) is 0.150. The number of hydrogen-bond donors (Lipinski definition) is 1. The molecule has 0 aromatic heterocycles. The summed E-state index contributed by atoms with van der Waals surface area (Å²) in [5.74, 6) is 1.76. The fourth-order valence-electron chi connectivity index (χ4n) is 6.71. The van der Waals surface area contributed by atoms with Crippen LogP contribution in [0.25, 0.3) is 0 Å². The third-order valence-corrected chi connectivity index (χ3v) is 9.27. The molecule has 1 N–H and O–H groups in total. The van der Waals surface area contributed by atoms with Crippen LogP contribution in [0.5, 0.6) is 11.5 Å². The summed E-state index contributed by atoms with van der Waals surface area (Å²) in [7, 11) is 3.41. The van der Waals surface area contributed by atoms with Crippen LogP contribution in [0.15, 0.2) is 66.7 Å². The summed E-state index contributed by atoms with van der Waals surface area (Å²) in [6, 6.07) is 23.0. The number of ether oxygens (including phenoxy) is 6. The minimum Gasteiger partial charge on any atom is -0.496 e. The summed E-state index contributed by atoms with van der Waals surface area (Å²) in [6.07, 6.45) is 4.81. The molecule has 1 unspecified atom stereocenters. The van der Waals surface area contributed by atoms with Crippen molar-refractivity contribution in [3.8, 4) is 11.5 Å². The van der Waals surface area contributed by atoms with Gasteiger partial charge in [-0.2, -0.15) is 0 Å². The van der Waals surface area contributed by atoms with Gasteiger partial charge < -0.3 is 38.6 Å². The Balaban J connectivity index is 1.24. The molecular weight excluding hydrogens is 632 g/mol. The summed E-state index contributed by atoms with van der Waals surface area (Å²) in [5, 5.41) is 3.57. The number of fused-ring (bicyclic) bond motifs is 1. The molecule has 0 radical (unpaired) electrons. The highest BCUT2D eigenvalue weighted by Crippen LogP contribution is 2.37. The number of nitrogens with one attached hydrogen (secondary N) is 1. The van der Waals surface area contributed by atoms with Crippen LogP contribution < -0.4 is 14.8 Å². The maximum atomic E-state index is 13.2. The first kappa shape index (κ1) is 37.5. The van der Waals surface area contributed by atoms with Crippen molar-refractivity contribution in [3.05, 3.63) is 89.0 Å². The average molecular weight is 689 g/mol. The minimum atomic E-state index is -0.569. The topological polar surface area (TPSA) is 87.7 Å². The summed E-state index contributed by atoms with van der Waals surface area (Å²) < 4.78 is 35.6. The molecule has 0 saturated carbocycles. The van der Waals surface area contributed by atoms with Crippen molar-refractivity contribution in [2.24, 2.45) is 0 Å². The second kappa shape index (κ2) is 18.4. The second-order valence-electron chi connectivity index (χ2n) is 14.2. The molecule has 9 nitrogen and oxygen atoms in total. The standard InChI is InChI=1S/C41H56N2O7/c1-41(2,3)50-40(44)43-23-21-35(30-17-19-34(20-18-30)48-26-10-25-47-29-33-11-6-7-13-37(33)46-5)39(28-43)49-38(14-9-24-45-4)32-16-15-31-12-8-22-42-36(31)27-32/h6-7,11,13,15-20,27,35,38-39,42H,8-10,12,14,21-26,28-29H2,1-5H3/t35-,38?,39+/m1/s1. The van der Waals surface area contributed by atoms with Crippen LogP contribution in [0.3, 0.4) is 0 Å². The maximum absolute atomic E-state index is 13.2. The summed E-state index contributed by atoms with van der Waals surface area (Å²) >= 11 is 0. The first-order valence-electron chi connectivity index (χ1n) is 18.2. The molecule has 3 atom stereocenters. The van der Waals surface area contributed by atoms with E-state index in [0.29, 0.717) is 39.5 Å². The average Bonchev–Trinajstić information content (AvgIpc) is 3.12. The Kier molecular flexibility index (Phi) is 13.8. The van der Waals surface area contributed by atoms with Crippen LogP contribution in [0, 0.1) is 0 Å². The van der Waals surface area contributed by atoms with E-state index in [1.54, 1.807) is 19.1 Å². The van der Waals surface area contributed by atoms with Crippen molar-refractivity contribution in [3.63, 3.8) is 0 Å². The largest absolute Gasteiger partial charge is 0.496 e. The fourth-order valence-corrected chi connectivity index (χ4v) is 6.71. The monoisotopic (exact) mass is 688 g/mol. The Morgan fingerprint density at radius 2 is 1.80 bits per heavy atom. The number of amides is 1. The van der Waals surface area contributed by atoms with Crippen LogP contribution in [0.4, 0.5) is 10.5 Å². The second-order valence-corrected chi connectivity index (χ2v) is 14.2. The first-order chi connectivity index (χ1) is 24.2. The van der Waals surface area contributed by atoms with E-state index in [0.717, 1.165) is 67.7 Å². The lowest BCUT2D eigenvalue weighted by atomic mass is 9.86. The minimum absolute atomic E-state index is 0.104. The van der Waals surface area contributed by atoms with E-state index in [2.05, 4.69) is 35.6 Å². The molecule has 0 aliphatic carbocycles. The Bertz CT molecular complexity index is 1490. The van der Waals surface area contributed by atoms with Gasteiger partial charge in [0, 0.05) is 50.4 Å². The van der Waals surface area contributed by atoms with Crippen molar-refractivity contribution >= 4 is 11.8 Å². The molecular formula is C41H56N2O7. The number of carbonyl (C=O) groups is 1. The lowest BCUT2D eigenvalue weighted by Crippen LogP contribution is -2.48. The van der Waals surface area contributed by atoms with Gasteiger partial charge in [-0.05, 0) is 93.8 Å². The van der Waals surface area contributed by atoms with Crippen LogP contribution in [-0.4, -0.2) is 76.4 Å². The van der Waals surface area contributed by atoms with Gasteiger partial charge in [0.05, 0.1) is 45.7 Å². The van der Waals surface area contributed by atoms with Gasteiger partial charge in [-0.25, -0.2) is 4.79 Å². The van der Waals surface area contributed by atoms with Gasteiger partial charge in [0.2, 0.25) is 0 Å². The summed E-state index contributed by atoms with van der Waals surface area (Å²) in [6.45, 7) is 10.1. The number of hydrogen-bond acceptors (Lipinski definition) is 8. The molecule has 0 bridgehead atoms. The Morgan fingerprint density at radius 1 is 0.980 bits per heavy atom. The van der Waals surface area contributed by atoms with E-state index in [1.807, 2.05) is 57.2 Å². The van der Waals surface area contributed by atoms with E-state index in [9.17, 15) is 4.79 Å². The SMILES string of the molecule is COCCCC(O[C@H]1CN(C(=O)OC(C)(C)C)CC[C@@H]1c1ccc(OCCCOCc2ccccc2OC)cc1)c1ccc2c(c1)NCCC2. The van der Waals surface area contributed by atoms with Gasteiger partial charge in [-0.15, -0.1) is 0 Å². The number of rotatable bonds is 16. The molecule has 3 aromatic rings. The predicted octanol–water partition coefficient (Wildman–Crippen LogP) is 8.32. The number of piperidine rings is 1. The summed E-state index contributed by atoms with van der Waals surface area (Å²) in [4.78, 5) is 15.0. The number of carbonyl (C=O) groups excluding carboxylic acids is 1.